The molecule has 2 aliphatic heterocycles. The van der Waals surface area contributed by atoms with Crippen LogP contribution in [-0.2, 0) is 27.8 Å². The first-order valence-electron chi connectivity index (χ1n) is 15.5. The van der Waals surface area contributed by atoms with E-state index in [1.54, 1.807) is 10.6 Å². The second-order valence-corrected chi connectivity index (χ2v) is 14.9. The van der Waals surface area contributed by atoms with Crippen LogP contribution in [-0.4, -0.2) is 59.9 Å². The quantitative estimate of drug-likeness (QED) is 0.512. The summed E-state index contributed by atoms with van der Waals surface area (Å²) in [6, 6.07) is 4.59. The van der Waals surface area contributed by atoms with Crippen LogP contribution >= 0.6 is 0 Å². The third-order valence-corrected chi connectivity index (χ3v) is 11.5. The molecule has 1 aromatic carbocycles. The van der Waals surface area contributed by atoms with E-state index in [9.17, 15) is 18.0 Å². The normalized spacial score (nSPS) is 26.7. The first-order valence-corrected chi connectivity index (χ1v) is 17.0. The Hall–Kier alpha value is -2.05. The molecule has 41 heavy (non-hydrogen) atoms. The van der Waals surface area contributed by atoms with Gasteiger partial charge in [0.05, 0.1) is 28.4 Å². The zero-order chi connectivity index (χ0) is 28.8. The second-order valence-electron chi connectivity index (χ2n) is 13.3. The summed E-state index contributed by atoms with van der Waals surface area (Å²) in [6.45, 7) is 3.92. The van der Waals surface area contributed by atoms with E-state index in [1.165, 1.54) is 42.4 Å². The molecular weight excluding hydrogens is 542 g/mol. The third kappa shape index (κ3) is 5.93. The number of hydrazine groups is 1. The van der Waals surface area contributed by atoms with Crippen LogP contribution in [0.25, 0.3) is 10.9 Å². The molecule has 0 bridgehead atoms. The summed E-state index contributed by atoms with van der Waals surface area (Å²) in [4.78, 5) is 28.3. The van der Waals surface area contributed by atoms with E-state index in [4.69, 9.17) is 4.74 Å². The Morgan fingerprint density at radius 2 is 1.68 bits per heavy atom. The highest BCUT2D eigenvalue weighted by molar-refractivity contribution is 7.89. The van der Waals surface area contributed by atoms with E-state index in [1.807, 2.05) is 14.0 Å². The lowest BCUT2D eigenvalue weighted by Gasteiger charge is -2.35. The molecule has 1 aromatic heterocycles. The van der Waals surface area contributed by atoms with Crippen molar-refractivity contribution < 1.29 is 13.2 Å². The van der Waals surface area contributed by atoms with Gasteiger partial charge in [0.15, 0.2) is 0 Å². The predicted molar refractivity (Wildman–Crippen MR) is 158 cm³/mol. The number of hydrogen-bond donors (Lipinski definition) is 2. The number of benzene rings is 1. The molecule has 2 atom stereocenters. The van der Waals surface area contributed by atoms with Gasteiger partial charge in [-0.25, -0.2) is 28.4 Å². The molecule has 2 aliphatic carbocycles. The largest absolute Gasteiger partial charge is 0.376 e. The van der Waals surface area contributed by atoms with Gasteiger partial charge in [0, 0.05) is 43.7 Å². The van der Waals surface area contributed by atoms with Gasteiger partial charge in [-0.3, -0.25) is 13.9 Å². The summed E-state index contributed by atoms with van der Waals surface area (Å²) >= 11 is 0. The zero-order valence-corrected chi connectivity index (χ0v) is 25.3. The molecule has 1 spiro atoms. The lowest BCUT2D eigenvalue weighted by molar-refractivity contribution is 0.0962. The molecular formula is C30H45N5O5S. The Bertz CT molecular complexity index is 1500. The van der Waals surface area contributed by atoms with Gasteiger partial charge >= 0.3 is 5.69 Å². The molecule has 4 fully saturated rings. The highest BCUT2D eigenvalue weighted by Gasteiger charge is 2.45. The lowest BCUT2D eigenvalue weighted by atomic mass is 9.78. The van der Waals surface area contributed by atoms with Crippen molar-refractivity contribution in [1.29, 1.82) is 0 Å². The Morgan fingerprint density at radius 3 is 2.34 bits per heavy atom. The topological polar surface area (TPSA) is 115 Å². The molecule has 0 radical (unpaired) electrons. The molecule has 10 nitrogen and oxygen atoms in total. The van der Waals surface area contributed by atoms with Crippen LogP contribution in [0.3, 0.4) is 0 Å². The Morgan fingerprint density at radius 1 is 0.976 bits per heavy atom. The fourth-order valence-electron chi connectivity index (χ4n) is 7.28. The van der Waals surface area contributed by atoms with Gasteiger partial charge < -0.3 is 4.74 Å². The number of aromatic nitrogens is 2. The van der Waals surface area contributed by atoms with E-state index >= 15 is 0 Å². The van der Waals surface area contributed by atoms with Gasteiger partial charge in [-0.1, -0.05) is 38.5 Å². The van der Waals surface area contributed by atoms with Crippen LogP contribution in [0.15, 0.2) is 32.7 Å². The maximum atomic E-state index is 14.1. The third-order valence-electron chi connectivity index (χ3n) is 9.89. The summed E-state index contributed by atoms with van der Waals surface area (Å²) in [5, 5.41) is 2.38. The number of nitrogens with zero attached hydrogens (tertiary/aromatic N) is 3. The van der Waals surface area contributed by atoms with Gasteiger partial charge in [-0.2, -0.15) is 0 Å². The summed E-state index contributed by atoms with van der Waals surface area (Å²) in [6.07, 6.45) is 12.5. The minimum Gasteiger partial charge on any atom is -0.376 e. The number of rotatable bonds is 7. The molecule has 2 aromatic rings. The smallest absolute Gasteiger partial charge is 0.331 e. The van der Waals surface area contributed by atoms with Crippen molar-refractivity contribution in [2.75, 3.05) is 20.2 Å². The van der Waals surface area contributed by atoms with E-state index in [-0.39, 0.29) is 33.5 Å². The monoisotopic (exact) mass is 587 g/mol. The molecule has 11 heteroatoms. The Kier molecular flexibility index (Phi) is 7.95. The molecule has 2 saturated heterocycles. The highest BCUT2D eigenvalue weighted by atomic mass is 32.2. The maximum absolute atomic E-state index is 14.1. The summed E-state index contributed by atoms with van der Waals surface area (Å²) in [7, 11) is -1.77. The van der Waals surface area contributed by atoms with Gasteiger partial charge in [0.25, 0.3) is 5.56 Å². The van der Waals surface area contributed by atoms with Crippen molar-refractivity contribution in [2.45, 2.75) is 119 Å². The van der Waals surface area contributed by atoms with Crippen LogP contribution in [0.5, 0.6) is 0 Å². The minimum absolute atomic E-state index is 0.0547. The van der Waals surface area contributed by atoms with Crippen molar-refractivity contribution in [3.05, 3.63) is 39.0 Å². The average Bonchev–Trinajstić information content (AvgIpc) is 3.29. The molecule has 6 rings (SSSR count). The van der Waals surface area contributed by atoms with E-state index in [0.717, 1.165) is 57.9 Å². The van der Waals surface area contributed by atoms with Crippen molar-refractivity contribution in [2.24, 2.45) is 5.92 Å². The number of fused-ring (bicyclic) bond motifs is 1. The standard InChI is InChI=1S/C30H45N5O5S/c1-29(15-16-29)32-41(38,39)24-11-12-26-25(18-24)27(36)35(28(37)34(26)21-23-10-9-17-40-23)20-22-19-33(2)31-30(22)13-7-5-3-4-6-8-14-30/h11-12,18,22-23,31-32H,3-10,13-17,19-21H2,1-2H3. The minimum atomic E-state index is -3.81. The van der Waals surface area contributed by atoms with Gasteiger partial charge in [0.1, 0.15) is 0 Å². The number of nitrogens with one attached hydrogen (secondary N) is 2. The summed E-state index contributed by atoms with van der Waals surface area (Å²) in [5.74, 6) is 0.0769. The van der Waals surface area contributed by atoms with Crippen molar-refractivity contribution in [1.82, 2.24) is 24.3 Å². The number of ether oxygens (including phenoxy) is 1. The van der Waals surface area contributed by atoms with Crippen LogP contribution in [0.2, 0.25) is 0 Å². The molecule has 0 amide bonds. The molecule has 4 aliphatic rings. The van der Waals surface area contributed by atoms with Crippen molar-refractivity contribution in [3.63, 3.8) is 0 Å². The molecule has 226 valence electrons. The van der Waals surface area contributed by atoms with Crippen LogP contribution in [0.1, 0.15) is 84.0 Å². The van der Waals surface area contributed by atoms with Crippen molar-refractivity contribution >= 4 is 20.9 Å². The van der Waals surface area contributed by atoms with Crippen LogP contribution < -0.4 is 21.4 Å². The highest BCUT2D eigenvalue weighted by Crippen LogP contribution is 2.38. The van der Waals surface area contributed by atoms with Gasteiger partial charge in [-0.15, -0.1) is 0 Å². The van der Waals surface area contributed by atoms with Crippen LogP contribution in [0, 0.1) is 5.92 Å². The zero-order valence-electron chi connectivity index (χ0n) is 24.5. The Balaban J connectivity index is 1.43. The summed E-state index contributed by atoms with van der Waals surface area (Å²) < 4.78 is 38.2. The predicted octanol–water partition coefficient (Wildman–Crippen LogP) is 3.11. The second kappa shape index (κ2) is 11.2. The summed E-state index contributed by atoms with van der Waals surface area (Å²) in [5.41, 5.74) is 2.85. The van der Waals surface area contributed by atoms with Gasteiger partial charge in [0.2, 0.25) is 10.0 Å². The van der Waals surface area contributed by atoms with E-state index in [0.29, 0.717) is 25.2 Å². The van der Waals surface area contributed by atoms with E-state index < -0.39 is 21.1 Å². The van der Waals surface area contributed by atoms with E-state index in [2.05, 4.69) is 15.2 Å². The Labute approximate surface area is 242 Å². The first-order chi connectivity index (χ1) is 19.6. The van der Waals surface area contributed by atoms with Crippen molar-refractivity contribution in [3.8, 4) is 0 Å². The maximum Gasteiger partial charge on any atom is 0.331 e. The SMILES string of the molecule is CN1CC(Cn2c(=O)c3cc(S(=O)(=O)NC4(C)CC4)ccc3n(CC3CCCO3)c2=O)C2(CCCCCCCC2)N1. The van der Waals surface area contributed by atoms with Gasteiger partial charge in [-0.05, 0) is 63.6 Å². The number of hydrogen-bond acceptors (Lipinski definition) is 7. The fourth-order valence-corrected chi connectivity index (χ4v) is 8.77. The molecule has 2 N–H and O–H groups in total. The molecule has 2 saturated carbocycles. The fraction of sp³-hybridized carbons (Fsp3) is 0.733. The average molecular weight is 588 g/mol. The molecule has 2 unspecified atom stereocenters. The first kappa shape index (κ1) is 29.0. The molecule has 3 heterocycles. The number of sulfonamides is 1. The van der Waals surface area contributed by atoms with Crippen LogP contribution in [0.4, 0.5) is 0 Å². The lowest BCUT2D eigenvalue weighted by Crippen LogP contribution is -2.51.